The van der Waals surface area contributed by atoms with Gasteiger partial charge in [-0.1, -0.05) is 6.07 Å². The van der Waals surface area contributed by atoms with E-state index in [1.165, 1.54) is 0 Å². The highest BCUT2D eigenvalue weighted by atomic mass is 16.6. The lowest BCUT2D eigenvalue weighted by Gasteiger charge is -2.35. The number of aryl methyl sites for hydroxylation is 1. The van der Waals surface area contributed by atoms with Crippen molar-refractivity contribution in [3.8, 4) is 11.5 Å². The number of aliphatic imine (C=N–C) groups is 1. The number of aromatic nitrogens is 2. The van der Waals surface area contributed by atoms with Crippen LogP contribution < -0.4 is 19.7 Å². The van der Waals surface area contributed by atoms with Gasteiger partial charge in [0, 0.05) is 39.9 Å². The molecule has 0 saturated carbocycles. The van der Waals surface area contributed by atoms with Crippen molar-refractivity contribution in [2.24, 2.45) is 12.0 Å². The van der Waals surface area contributed by atoms with Crippen LogP contribution >= 0.6 is 0 Å². The van der Waals surface area contributed by atoms with E-state index in [0.717, 1.165) is 35.1 Å². The second kappa shape index (κ2) is 8.42. The standard InChI is InChI=1S/C20H26N6O3/c1-21-20(22-6-5-15-3-4-17-18(11-15)29-10-9-28-17)25-7-8-26(19(27)14-25)16-12-23-24(2)13-16/h3-4,11-13H,5-10,14H2,1-2H3,(H,21,22). The van der Waals surface area contributed by atoms with Gasteiger partial charge in [-0.3, -0.25) is 14.5 Å². The third-order valence-corrected chi connectivity index (χ3v) is 5.04. The molecule has 0 unspecified atom stereocenters. The van der Waals surface area contributed by atoms with Crippen molar-refractivity contribution in [3.05, 3.63) is 36.2 Å². The molecule has 2 aliphatic rings. The zero-order valence-corrected chi connectivity index (χ0v) is 16.8. The Morgan fingerprint density at radius 2 is 2.07 bits per heavy atom. The Hall–Kier alpha value is -3.23. The number of piperazine rings is 1. The van der Waals surface area contributed by atoms with Gasteiger partial charge in [0.05, 0.1) is 11.9 Å². The van der Waals surface area contributed by atoms with Gasteiger partial charge in [0.25, 0.3) is 0 Å². The molecule has 4 rings (SSSR count). The summed E-state index contributed by atoms with van der Waals surface area (Å²) in [5.74, 6) is 2.38. The van der Waals surface area contributed by atoms with E-state index in [0.29, 0.717) is 39.4 Å². The summed E-state index contributed by atoms with van der Waals surface area (Å²) < 4.78 is 12.9. The molecule has 154 valence electrons. The SMILES string of the molecule is CN=C(NCCc1ccc2c(c1)OCCO2)N1CCN(c2cnn(C)c2)C(=O)C1. The molecule has 2 aliphatic heterocycles. The van der Waals surface area contributed by atoms with Gasteiger partial charge >= 0.3 is 0 Å². The number of benzene rings is 1. The molecule has 1 saturated heterocycles. The molecule has 3 heterocycles. The molecule has 29 heavy (non-hydrogen) atoms. The highest BCUT2D eigenvalue weighted by Crippen LogP contribution is 2.30. The summed E-state index contributed by atoms with van der Waals surface area (Å²) in [7, 11) is 3.59. The first-order chi connectivity index (χ1) is 14.1. The lowest BCUT2D eigenvalue weighted by atomic mass is 10.1. The predicted octanol–water partition coefficient (Wildman–Crippen LogP) is 0.658. The van der Waals surface area contributed by atoms with Crippen LogP contribution in [0, 0.1) is 0 Å². The molecule has 0 spiro atoms. The molecule has 1 N–H and O–H groups in total. The molecule has 2 aromatic rings. The summed E-state index contributed by atoms with van der Waals surface area (Å²) in [6.07, 6.45) is 4.39. The van der Waals surface area contributed by atoms with Gasteiger partial charge in [-0.15, -0.1) is 0 Å². The molecule has 1 aromatic carbocycles. The van der Waals surface area contributed by atoms with Crippen LogP contribution in [0.2, 0.25) is 0 Å². The number of ether oxygens (including phenoxy) is 2. The summed E-state index contributed by atoms with van der Waals surface area (Å²) in [4.78, 5) is 20.7. The van der Waals surface area contributed by atoms with E-state index in [4.69, 9.17) is 9.47 Å². The minimum atomic E-state index is 0.0408. The number of hydrogen-bond acceptors (Lipinski definition) is 5. The van der Waals surface area contributed by atoms with Gasteiger partial charge in [-0.25, -0.2) is 0 Å². The zero-order chi connectivity index (χ0) is 20.2. The fourth-order valence-corrected chi connectivity index (χ4v) is 3.57. The van der Waals surface area contributed by atoms with Crippen LogP contribution in [-0.4, -0.2) is 73.0 Å². The van der Waals surface area contributed by atoms with E-state index in [2.05, 4.69) is 15.4 Å². The number of anilines is 1. The van der Waals surface area contributed by atoms with Gasteiger partial charge in [-0.2, -0.15) is 5.10 Å². The minimum Gasteiger partial charge on any atom is -0.486 e. The number of carbonyl (C=O) groups is 1. The second-order valence-corrected chi connectivity index (χ2v) is 7.04. The number of fused-ring (bicyclic) bond motifs is 1. The van der Waals surface area contributed by atoms with E-state index >= 15 is 0 Å². The molecule has 9 nitrogen and oxygen atoms in total. The Labute approximate surface area is 169 Å². The molecule has 1 fully saturated rings. The zero-order valence-electron chi connectivity index (χ0n) is 16.8. The molecule has 0 bridgehead atoms. The van der Waals surface area contributed by atoms with Crippen molar-refractivity contribution in [1.29, 1.82) is 0 Å². The molecule has 0 radical (unpaired) electrons. The Balaban J connectivity index is 1.30. The normalized spacial score (nSPS) is 16.9. The first kappa shape index (κ1) is 19.1. The first-order valence-corrected chi connectivity index (χ1v) is 9.77. The van der Waals surface area contributed by atoms with E-state index < -0.39 is 0 Å². The van der Waals surface area contributed by atoms with Crippen molar-refractivity contribution in [2.45, 2.75) is 6.42 Å². The number of carbonyl (C=O) groups excluding carboxylic acids is 1. The van der Waals surface area contributed by atoms with Gasteiger partial charge < -0.3 is 24.6 Å². The second-order valence-electron chi connectivity index (χ2n) is 7.04. The molecule has 1 amide bonds. The molecule has 1 aromatic heterocycles. The van der Waals surface area contributed by atoms with Crippen LogP contribution in [0.1, 0.15) is 5.56 Å². The van der Waals surface area contributed by atoms with Gasteiger partial charge in [-0.05, 0) is 24.1 Å². The predicted molar refractivity (Wildman–Crippen MR) is 110 cm³/mol. The quantitative estimate of drug-likeness (QED) is 0.602. The Morgan fingerprint density at radius 1 is 1.24 bits per heavy atom. The number of amides is 1. The van der Waals surface area contributed by atoms with Crippen LogP contribution in [0.3, 0.4) is 0 Å². The number of nitrogens with zero attached hydrogens (tertiary/aromatic N) is 5. The lowest BCUT2D eigenvalue weighted by Crippen LogP contribution is -2.55. The maximum Gasteiger partial charge on any atom is 0.246 e. The van der Waals surface area contributed by atoms with Crippen LogP contribution in [0.4, 0.5) is 5.69 Å². The number of hydrogen-bond donors (Lipinski definition) is 1. The maximum absolute atomic E-state index is 12.6. The van der Waals surface area contributed by atoms with Crippen molar-refractivity contribution >= 4 is 17.6 Å². The fraction of sp³-hybridized carbons (Fsp3) is 0.450. The highest BCUT2D eigenvalue weighted by Gasteiger charge is 2.27. The third-order valence-electron chi connectivity index (χ3n) is 5.04. The lowest BCUT2D eigenvalue weighted by molar-refractivity contribution is -0.120. The van der Waals surface area contributed by atoms with Crippen LogP contribution in [0.25, 0.3) is 0 Å². The molecule has 0 aliphatic carbocycles. The summed E-state index contributed by atoms with van der Waals surface area (Å²) in [6, 6.07) is 6.03. The highest BCUT2D eigenvalue weighted by molar-refractivity contribution is 5.98. The van der Waals surface area contributed by atoms with Gasteiger partial charge in [0.1, 0.15) is 19.8 Å². The Morgan fingerprint density at radius 3 is 2.79 bits per heavy atom. The first-order valence-electron chi connectivity index (χ1n) is 9.77. The molecule has 9 heteroatoms. The Bertz CT molecular complexity index is 909. The summed E-state index contributed by atoms with van der Waals surface area (Å²) in [5, 5.41) is 7.51. The molecular weight excluding hydrogens is 372 g/mol. The minimum absolute atomic E-state index is 0.0408. The van der Waals surface area contributed by atoms with Crippen LogP contribution in [-0.2, 0) is 18.3 Å². The van der Waals surface area contributed by atoms with E-state index in [-0.39, 0.29) is 5.91 Å². The average Bonchev–Trinajstić information content (AvgIpc) is 3.17. The van der Waals surface area contributed by atoms with Crippen molar-refractivity contribution in [2.75, 3.05) is 51.3 Å². The summed E-state index contributed by atoms with van der Waals surface area (Å²) in [6.45, 7) is 3.50. The van der Waals surface area contributed by atoms with Crippen LogP contribution in [0.15, 0.2) is 35.6 Å². The topological polar surface area (TPSA) is 84.2 Å². The van der Waals surface area contributed by atoms with Crippen molar-refractivity contribution < 1.29 is 14.3 Å². The smallest absolute Gasteiger partial charge is 0.246 e. The Kier molecular flexibility index (Phi) is 5.55. The fourth-order valence-electron chi connectivity index (χ4n) is 3.57. The van der Waals surface area contributed by atoms with E-state index in [1.54, 1.807) is 22.8 Å². The summed E-state index contributed by atoms with van der Waals surface area (Å²) >= 11 is 0. The van der Waals surface area contributed by atoms with Crippen molar-refractivity contribution in [1.82, 2.24) is 20.0 Å². The number of nitrogens with one attached hydrogen (secondary N) is 1. The summed E-state index contributed by atoms with van der Waals surface area (Å²) in [5.41, 5.74) is 1.99. The number of rotatable bonds is 4. The van der Waals surface area contributed by atoms with Gasteiger partial charge in [0.15, 0.2) is 17.5 Å². The van der Waals surface area contributed by atoms with Gasteiger partial charge in [0.2, 0.25) is 5.91 Å². The number of guanidine groups is 1. The molecular formula is C20H26N6O3. The van der Waals surface area contributed by atoms with E-state index in [1.807, 2.05) is 36.3 Å². The molecule has 0 atom stereocenters. The van der Waals surface area contributed by atoms with Crippen LogP contribution in [0.5, 0.6) is 11.5 Å². The maximum atomic E-state index is 12.6. The van der Waals surface area contributed by atoms with Crippen molar-refractivity contribution in [3.63, 3.8) is 0 Å². The largest absolute Gasteiger partial charge is 0.486 e. The third kappa shape index (κ3) is 4.28. The average molecular weight is 398 g/mol. The van der Waals surface area contributed by atoms with E-state index in [9.17, 15) is 4.79 Å². The monoisotopic (exact) mass is 398 g/mol.